The van der Waals surface area contributed by atoms with Crippen molar-refractivity contribution in [1.82, 2.24) is 9.97 Å². The molecule has 10 nitrogen and oxygen atoms in total. The van der Waals surface area contributed by atoms with Gasteiger partial charge in [0.1, 0.15) is 5.82 Å². The highest BCUT2D eigenvalue weighted by Crippen LogP contribution is 2.20. The zero-order valence-corrected chi connectivity index (χ0v) is 21.4. The fourth-order valence-corrected chi connectivity index (χ4v) is 3.59. The lowest BCUT2D eigenvalue weighted by Gasteiger charge is -2.19. The van der Waals surface area contributed by atoms with E-state index in [9.17, 15) is 13.2 Å². The first kappa shape index (κ1) is 27.1. The number of aryl methyl sites for hydroxylation is 1. The maximum Gasteiger partial charge on any atom is 0.264 e. The molecule has 0 radical (unpaired) electrons. The molecule has 1 heterocycles. The monoisotopic (exact) mass is 513 g/mol. The summed E-state index contributed by atoms with van der Waals surface area (Å²) >= 11 is 0. The molecule has 2 N–H and O–H groups in total. The van der Waals surface area contributed by atoms with Gasteiger partial charge in [-0.25, -0.2) is 4.98 Å². The SMILES string of the molecule is Cc1cc(N(C)CCOCCOS(C)(=O)=O)nc(Nc2ccc(NC(=O)Cc3ccccc3)cc2)n1. The normalized spacial score (nSPS) is 11.2. The van der Waals surface area contributed by atoms with Gasteiger partial charge in [0, 0.05) is 36.7 Å². The molecule has 2 aromatic carbocycles. The molecule has 1 aromatic heterocycles. The van der Waals surface area contributed by atoms with Crippen LogP contribution in [-0.4, -0.2) is 64.0 Å². The fraction of sp³-hybridized carbons (Fsp3) is 0.320. The summed E-state index contributed by atoms with van der Waals surface area (Å²) in [5, 5.41) is 6.09. The number of hydrogen-bond donors (Lipinski definition) is 2. The van der Waals surface area contributed by atoms with Crippen molar-refractivity contribution in [2.24, 2.45) is 0 Å². The molecule has 0 saturated carbocycles. The molecule has 0 aliphatic carbocycles. The molecular weight excluding hydrogens is 482 g/mol. The average molecular weight is 514 g/mol. The molecule has 0 spiro atoms. The van der Waals surface area contributed by atoms with Gasteiger partial charge in [-0.15, -0.1) is 0 Å². The average Bonchev–Trinajstić information content (AvgIpc) is 2.82. The number of rotatable bonds is 13. The first-order valence-electron chi connectivity index (χ1n) is 11.4. The molecule has 0 aliphatic rings. The van der Waals surface area contributed by atoms with Gasteiger partial charge in [0.2, 0.25) is 11.9 Å². The van der Waals surface area contributed by atoms with E-state index in [2.05, 4.69) is 24.8 Å². The number of nitrogens with one attached hydrogen (secondary N) is 2. The summed E-state index contributed by atoms with van der Waals surface area (Å²) in [5.74, 6) is 1.08. The zero-order valence-electron chi connectivity index (χ0n) is 20.6. The molecule has 3 aromatic rings. The highest BCUT2D eigenvalue weighted by molar-refractivity contribution is 7.85. The lowest BCUT2D eigenvalue weighted by Crippen LogP contribution is -2.25. The Kier molecular flexibility index (Phi) is 9.74. The van der Waals surface area contributed by atoms with Crippen LogP contribution in [0.5, 0.6) is 0 Å². The summed E-state index contributed by atoms with van der Waals surface area (Å²) < 4.78 is 32.0. The van der Waals surface area contributed by atoms with E-state index in [0.717, 1.165) is 23.2 Å². The fourth-order valence-electron chi connectivity index (χ4n) is 3.22. The van der Waals surface area contributed by atoms with Crippen LogP contribution < -0.4 is 15.5 Å². The van der Waals surface area contributed by atoms with E-state index in [-0.39, 0.29) is 19.1 Å². The van der Waals surface area contributed by atoms with Gasteiger partial charge < -0.3 is 20.3 Å². The van der Waals surface area contributed by atoms with E-state index < -0.39 is 10.1 Å². The van der Waals surface area contributed by atoms with Crippen LogP contribution in [0.3, 0.4) is 0 Å². The van der Waals surface area contributed by atoms with Crippen LogP contribution >= 0.6 is 0 Å². The highest BCUT2D eigenvalue weighted by Gasteiger charge is 2.09. The van der Waals surface area contributed by atoms with Gasteiger partial charge in [-0.3, -0.25) is 8.98 Å². The number of anilines is 4. The third-order valence-corrected chi connectivity index (χ3v) is 5.56. The van der Waals surface area contributed by atoms with Gasteiger partial charge in [-0.05, 0) is 36.8 Å². The molecule has 1 amide bonds. The van der Waals surface area contributed by atoms with Crippen LogP contribution in [0.15, 0.2) is 60.7 Å². The van der Waals surface area contributed by atoms with Crippen LogP contribution in [0.1, 0.15) is 11.3 Å². The van der Waals surface area contributed by atoms with Crippen molar-refractivity contribution in [2.45, 2.75) is 13.3 Å². The Balaban J connectivity index is 1.50. The Morgan fingerprint density at radius 1 is 0.972 bits per heavy atom. The summed E-state index contributed by atoms with van der Waals surface area (Å²) in [5.41, 5.74) is 3.23. The second-order valence-corrected chi connectivity index (χ2v) is 9.81. The quantitative estimate of drug-likeness (QED) is 0.262. The molecule has 0 atom stereocenters. The smallest absolute Gasteiger partial charge is 0.264 e. The second-order valence-electron chi connectivity index (χ2n) is 8.16. The molecular formula is C25H31N5O5S. The van der Waals surface area contributed by atoms with Crippen molar-refractivity contribution < 1.29 is 22.1 Å². The minimum atomic E-state index is -3.46. The van der Waals surface area contributed by atoms with Gasteiger partial charge in [0.05, 0.1) is 32.5 Å². The lowest BCUT2D eigenvalue weighted by atomic mass is 10.1. The van der Waals surface area contributed by atoms with Crippen LogP contribution in [0.4, 0.5) is 23.1 Å². The maximum absolute atomic E-state index is 12.3. The number of nitrogens with zero attached hydrogens (tertiary/aromatic N) is 3. The van der Waals surface area contributed by atoms with E-state index in [1.165, 1.54) is 0 Å². The molecule has 36 heavy (non-hydrogen) atoms. The number of likely N-dealkylation sites (N-methyl/N-ethyl adjacent to an activating group) is 1. The van der Waals surface area contributed by atoms with E-state index >= 15 is 0 Å². The van der Waals surface area contributed by atoms with Crippen LogP contribution in [0.2, 0.25) is 0 Å². The summed E-state index contributed by atoms with van der Waals surface area (Å²) in [6.45, 7) is 2.98. The number of aromatic nitrogens is 2. The van der Waals surface area contributed by atoms with Crippen molar-refractivity contribution in [3.8, 4) is 0 Å². The lowest BCUT2D eigenvalue weighted by molar-refractivity contribution is -0.115. The van der Waals surface area contributed by atoms with Crippen molar-refractivity contribution in [1.29, 1.82) is 0 Å². The third kappa shape index (κ3) is 9.61. The van der Waals surface area contributed by atoms with Crippen molar-refractivity contribution in [3.05, 3.63) is 71.9 Å². The van der Waals surface area contributed by atoms with Crippen LogP contribution in [-0.2, 0) is 30.3 Å². The number of hydrogen-bond acceptors (Lipinski definition) is 9. The standard InChI is InChI=1S/C25H31N5O5S/c1-19-17-23(30(2)13-14-34-15-16-35-36(3,32)33)29-25(26-19)28-22-11-9-21(10-12-22)27-24(31)18-20-7-5-4-6-8-20/h4-12,17H,13-16,18H2,1-3H3,(H,27,31)(H,26,28,29). The largest absolute Gasteiger partial charge is 0.377 e. The van der Waals surface area contributed by atoms with E-state index in [1.807, 2.05) is 79.5 Å². The van der Waals surface area contributed by atoms with Gasteiger partial charge in [-0.1, -0.05) is 30.3 Å². The topological polar surface area (TPSA) is 123 Å². The molecule has 0 bridgehead atoms. The molecule has 3 rings (SSSR count). The minimum absolute atomic E-state index is 0.0152. The van der Waals surface area contributed by atoms with E-state index in [4.69, 9.17) is 4.74 Å². The first-order chi connectivity index (χ1) is 17.2. The number of carbonyl (C=O) groups excluding carboxylic acids is 1. The minimum Gasteiger partial charge on any atom is -0.377 e. The highest BCUT2D eigenvalue weighted by atomic mass is 32.2. The molecule has 11 heteroatoms. The Labute approximate surface area is 211 Å². The van der Waals surface area contributed by atoms with Crippen molar-refractivity contribution in [3.63, 3.8) is 0 Å². The summed E-state index contributed by atoms with van der Waals surface area (Å²) in [6.07, 6.45) is 1.32. The molecule has 192 valence electrons. The second kappa shape index (κ2) is 13.0. The number of amides is 1. The van der Waals surface area contributed by atoms with Gasteiger partial charge in [0.15, 0.2) is 0 Å². The zero-order chi connectivity index (χ0) is 26.0. The Morgan fingerprint density at radius 3 is 2.36 bits per heavy atom. The third-order valence-electron chi connectivity index (χ3n) is 4.96. The van der Waals surface area contributed by atoms with Gasteiger partial charge >= 0.3 is 0 Å². The number of ether oxygens (including phenoxy) is 1. The molecule has 0 unspecified atom stereocenters. The predicted molar refractivity (Wildman–Crippen MR) is 140 cm³/mol. The molecule has 0 fully saturated rings. The molecule has 0 aliphatic heterocycles. The number of carbonyl (C=O) groups is 1. The van der Waals surface area contributed by atoms with Gasteiger partial charge in [0.25, 0.3) is 10.1 Å². The Hall–Kier alpha value is -3.54. The Morgan fingerprint density at radius 2 is 1.67 bits per heavy atom. The summed E-state index contributed by atoms with van der Waals surface area (Å²) in [7, 11) is -1.57. The maximum atomic E-state index is 12.3. The van der Waals surface area contributed by atoms with E-state index in [1.54, 1.807) is 0 Å². The number of benzene rings is 2. The summed E-state index contributed by atoms with van der Waals surface area (Å²) in [4.78, 5) is 23.2. The summed E-state index contributed by atoms with van der Waals surface area (Å²) in [6, 6.07) is 18.8. The van der Waals surface area contributed by atoms with Crippen molar-refractivity contribution in [2.75, 3.05) is 55.2 Å². The van der Waals surface area contributed by atoms with Crippen LogP contribution in [0.25, 0.3) is 0 Å². The van der Waals surface area contributed by atoms with E-state index in [0.29, 0.717) is 37.0 Å². The Bertz CT molecular complexity index is 1240. The van der Waals surface area contributed by atoms with Gasteiger partial charge in [-0.2, -0.15) is 13.4 Å². The first-order valence-corrected chi connectivity index (χ1v) is 13.2. The molecule has 0 saturated heterocycles. The van der Waals surface area contributed by atoms with Crippen LogP contribution in [0, 0.1) is 6.92 Å². The predicted octanol–water partition coefficient (Wildman–Crippen LogP) is 3.14. The van der Waals surface area contributed by atoms with Crippen molar-refractivity contribution >= 4 is 39.2 Å².